The summed E-state index contributed by atoms with van der Waals surface area (Å²) in [7, 11) is 1.48. The minimum absolute atomic E-state index is 0.0267. The van der Waals surface area contributed by atoms with Gasteiger partial charge in [0.15, 0.2) is 17.2 Å². The van der Waals surface area contributed by atoms with E-state index < -0.39 is 35.1 Å². The van der Waals surface area contributed by atoms with E-state index in [9.17, 15) is 4.79 Å². The molecule has 3 aromatic carbocycles. The van der Waals surface area contributed by atoms with Gasteiger partial charge in [0, 0.05) is 41.8 Å². The van der Waals surface area contributed by atoms with Crippen LogP contribution in [0.3, 0.4) is 0 Å². The van der Waals surface area contributed by atoms with Crippen LogP contribution in [0.25, 0.3) is 11.1 Å². The van der Waals surface area contributed by atoms with Crippen LogP contribution in [0.15, 0.2) is 48.5 Å². The molecule has 1 aliphatic heterocycles. The number of primary amides is 1. The summed E-state index contributed by atoms with van der Waals surface area (Å²) in [5.41, 5.74) is 11.7. The number of methoxy groups -OCH3 is 1. The first kappa shape index (κ1) is 25.9. The minimum Gasteiger partial charge on any atom is -0.488 e. The number of benzene rings is 3. The first-order valence-corrected chi connectivity index (χ1v) is 11.8. The van der Waals surface area contributed by atoms with Gasteiger partial charge in [0.05, 0.1) is 17.2 Å². The van der Waals surface area contributed by atoms with Gasteiger partial charge in [-0.15, -0.1) is 0 Å². The highest BCUT2D eigenvalue weighted by Gasteiger charge is 2.52. The zero-order valence-electron chi connectivity index (χ0n) is 20.1. The first-order valence-electron chi connectivity index (χ1n) is 11.4. The number of fused-ring (bicyclic) bond motifs is 1. The van der Waals surface area contributed by atoms with Gasteiger partial charge in [-0.3, -0.25) is 4.79 Å². The second kappa shape index (κ2) is 10.0. The van der Waals surface area contributed by atoms with Gasteiger partial charge < -0.3 is 25.7 Å². The third kappa shape index (κ3) is 4.09. The highest BCUT2D eigenvalue weighted by Crippen LogP contribution is 2.57. The summed E-state index contributed by atoms with van der Waals surface area (Å²) in [6.07, 6.45) is 0. The molecular weight excluding hydrogens is 490 g/mol. The largest absolute Gasteiger partial charge is 0.488 e. The van der Waals surface area contributed by atoms with Crippen molar-refractivity contribution in [3.05, 3.63) is 81.9 Å². The number of ether oxygens (including phenoxy) is 3. The van der Waals surface area contributed by atoms with Gasteiger partial charge in [-0.05, 0) is 24.6 Å². The van der Waals surface area contributed by atoms with Crippen LogP contribution in [0.4, 0.5) is 8.78 Å². The molecule has 3 atom stereocenters. The van der Waals surface area contributed by atoms with Crippen molar-refractivity contribution < 1.29 is 27.8 Å². The monoisotopic (exact) mass is 516 g/mol. The zero-order valence-corrected chi connectivity index (χ0v) is 20.9. The van der Waals surface area contributed by atoms with Crippen molar-refractivity contribution in [3.63, 3.8) is 0 Å². The highest BCUT2D eigenvalue weighted by atomic mass is 35.5. The van der Waals surface area contributed by atoms with E-state index in [1.165, 1.54) is 19.2 Å². The van der Waals surface area contributed by atoms with E-state index in [1.54, 1.807) is 6.92 Å². The molecule has 0 saturated carbocycles. The van der Waals surface area contributed by atoms with Crippen molar-refractivity contribution in [2.24, 2.45) is 11.5 Å². The van der Waals surface area contributed by atoms with Crippen LogP contribution in [0.1, 0.15) is 41.3 Å². The number of amides is 1. The Hall–Kier alpha value is -3.20. The summed E-state index contributed by atoms with van der Waals surface area (Å²) in [5.74, 6) is -3.17. The molecule has 0 saturated heterocycles. The maximum Gasteiger partial charge on any atom is 0.249 e. The predicted octanol–water partition coefficient (Wildman–Crippen LogP) is 5.15. The molecule has 1 aliphatic rings. The molecule has 0 aromatic heterocycles. The van der Waals surface area contributed by atoms with Crippen molar-refractivity contribution in [1.82, 2.24) is 0 Å². The van der Waals surface area contributed by atoms with Crippen molar-refractivity contribution in [1.29, 1.82) is 0 Å². The lowest BCUT2D eigenvalue weighted by atomic mass is 9.74. The molecule has 190 valence electrons. The molecule has 9 heteroatoms. The lowest BCUT2D eigenvalue weighted by Crippen LogP contribution is -2.49. The second-order valence-electron chi connectivity index (χ2n) is 8.74. The molecule has 1 amide bonds. The number of rotatable bonds is 8. The second-order valence-corrected chi connectivity index (χ2v) is 9.11. The molecule has 6 nitrogen and oxygen atoms in total. The van der Waals surface area contributed by atoms with Crippen LogP contribution in [-0.2, 0) is 10.3 Å². The molecule has 0 unspecified atom stereocenters. The summed E-state index contributed by atoms with van der Waals surface area (Å²) in [4.78, 5) is 12.4. The average Bonchev–Trinajstić information content (AvgIpc) is 3.14. The standard InChI is InChI=1S/C27H27ClF2N2O4/c1-14-21-20(36-27(14,15(2)31)16-7-5-4-6-8-16)13-18(29)24(28)23(21)22-17(26(32)33)9-10-19(25(22)30)35-12-11-34-3/h4-10,13-15H,11-12,31H2,1-3H3,(H2,32,33)/t14-,15-,27+/m0/s1. The molecular formula is C27H27ClF2N2O4. The van der Waals surface area contributed by atoms with E-state index in [-0.39, 0.29) is 46.4 Å². The van der Waals surface area contributed by atoms with Gasteiger partial charge in [0.2, 0.25) is 5.91 Å². The van der Waals surface area contributed by atoms with Crippen molar-refractivity contribution in [2.75, 3.05) is 20.3 Å². The Balaban J connectivity index is 2.01. The number of halogens is 3. The highest BCUT2D eigenvalue weighted by molar-refractivity contribution is 6.34. The lowest BCUT2D eigenvalue weighted by Gasteiger charge is -2.37. The average molecular weight is 517 g/mol. The summed E-state index contributed by atoms with van der Waals surface area (Å²) >= 11 is 6.48. The molecule has 0 fully saturated rings. The Bertz CT molecular complexity index is 1300. The number of carbonyl (C=O) groups is 1. The van der Waals surface area contributed by atoms with Crippen LogP contribution >= 0.6 is 11.6 Å². The maximum absolute atomic E-state index is 16.0. The summed E-state index contributed by atoms with van der Waals surface area (Å²) < 4.78 is 48.0. The van der Waals surface area contributed by atoms with Gasteiger partial charge in [-0.1, -0.05) is 48.9 Å². The van der Waals surface area contributed by atoms with E-state index in [2.05, 4.69) is 0 Å². The van der Waals surface area contributed by atoms with Gasteiger partial charge in [-0.2, -0.15) is 0 Å². The number of nitrogens with two attached hydrogens (primary N) is 2. The molecule has 3 aromatic rings. The zero-order chi connectivity index (χ0) is 26.2. The molecule has 36 heavy (non-hydrogen) atoms. The van der Waals surface area contributed by atoms with E-state index >= 15 is 8.78 Å². The fourth-order valence-electron chi connectivity index (χ4n) is 4.97. The minimum atomic E-state index is -1.11. The quantitative estimate of drug-likeness (QED) is 0.404. The predicted molar refractivity (Wildman–Crippen MR) is 134 cm³/mol. The maximum atomic E-state index is 16.0. The molecule has 0 aliphatic carbocycles. The fourth-order valence-corrected chi connectivity index (χ4v) is 5.22. The topological polar surface area (TPSA) is 96.8 Å². The lowest BCUT2D eigenvalue weighted by molar-refractivity contribution is 0.0470. The van der Waals surface area contributed by atoms with E-state index in [4.69, 9.17) is 37.3 Å². The molecule has 1 heterocycles. The smallest absolute Gasteiger partial charge is 0.249 e. The summed E-state index contributed by atoms with van der Waals surface area (Å²) in [6.45, 7) is 3.90. The van der Waals surface area contributed by atoms with Crippen LogP contribution < -0.4 is 20.9 Å². The molecule has 4 rings (SSSR count). The van der Waals surface area contributed by atoms with E-state index in [0.29, 0.717) is 5.56 Å². The number of hydrogen-bond acceptors (Lipinski definition) is 5. The van der Waals surface area contributed by atoms with Crippen LogP contribution in [0, 0.1) is 11.6 Å². The van der Waals surface area contributed by atoms with Gasteiger partial charge >= 0.3 is 0 Å². The normalized spacial score (nSPS) is 19.5. The number of carbonyl (C=O) groups excluding carboxylic acids is 1. The van der Waals surface area contributed by atoms with E-state index in [1.807, 2.05) is 37.3 Å². The SMILES string of the molecule is COCCOc1ccc(C(N)=O)c(-c2c(Cl)c(F)cc3c2[C@H](C)[C@](c2ccccc2)([C@H](C)N)O3)c1F. The fraction of sp³-hybridized carbons (Fsp3) is 0.296. The Morgan fingerprint density at radius 3 is 2.47 bits per heavy atom. The van der Waals surface area contributed by atoms with Gasteiger partial charge in [0.1, 0.15) is 18.2 Å². The molecule has 0 bridgehead atoms. The third-order valence-corrected chi connectivity index (χ3v) is 7.01. The molecule has 0 spiro atoms. The van der Waals surface area contributed by atoms with Crippen molar-refractivity contribution in [2.45, 2.75) is 31.4 Å². The summed E-state index contributed by atoms with van der Waals surface area (Å²) in [6, 6.07) is 12.5. The number of hydrogen-bond donors (Lipinski definition) is 2. The Labute approximate surface area is 213 Å². The molecule has 0 radical (unpaired) electrons. The summed E-state index contributed by atoms with van der Waals surface area (Å²) in [5, 5.41) is -0.367. The van der Waals surface area contributed by atoms with Crippen LogP contribution in [0.2, 0.25) is 5.02 Å². The van der Waals surface area contributed by atoms with Gasteiger partial charge in [-0.25, -0.2) is 8.78 Å². The Morgan fingerprint density at radius 2 is 1.86 bits per heavy atom. The van der Waals surface area contributed by atoms with Crippen molar-refractivity contribution >= 4 is 17.5 Å². The van der Waals surface area contributed by atoms with Gasteiger partial charge in [0.25, 0.3) is 0 Å². The van der Waals surface area contributed by atoms with Crippen LogP contribution in [-0.4, -0.2) is 32.3 Å². The third-order valence-electron chi connectivity index (χ3n) is 6.65. The first-order chi connectivity index (χ1) is 17.1. The van der Waals surface area contributed by atoms with E-state index in [0.717, 1.165) is 11.6 Å². The Morgan fingerprint density at radius 1 is 1.17 bits per heavy atom. The van der Waals surface area contributed by atoms with Crippen molar-refractivity contribution in [3.8, 4) is 22.6 Å². The molecule has 4 N–H and O–H groups in total. The Kier molecular flexibility index (Phi) is 7.22. The van der Waals surface area contributed by atoms with Crippen LogP contribution in [0.5, 0.6) is 11.5 Å².